The fraction of sp³-hybridized carbons (Fsp3) is 1.00. The van der Waals surface area contributed by atoms with Gasteiger partial charge in [-0.05, 0) is 65.7 Å². The van der Waals surface area contributed by atoms with Crippen molar-refractivity contribution in [2.75, 3.05) is 39.8 Å². The van der Waals surface area contributed by atoms with Crippen molar-refractivity contribution in [3.8, 4) is 0 Å². The maximum absolute atomic E-state index is 9.86. The molecular formula is C16H33N3O. The molecule has 1 saturated heterocycles. The van der Waals surface area contributed by atoms with E-state index in [1.54, 1.807) is 0 Å². The highest BCUT2D eigenvalue weighted by molar-refractivity contribution is 4.97. The van der Waals surface area contributed by atoms with Crippen molar-refractivity contribution < 1.29 is 5.11 Å². The Morgan fingerprint density at radius 1 is 1.30 bits per heavy atom. The van der Waals surface area contributed by atoms with E-state index in [4.69, 9.17) is 0 Å². The Morgan fingerprint density at radius 3 is 2.80 bits per heavy atom. The van der Waals surface area contributed by atoms with Crippen molar-refractivity contribution in [3.05, 3.63) is 0 Å². The molecule has 2 N–H and O–H groups in total. The summed E-state index contributed by atoms with van der Waals surface area (Å²) in [6.45, 7) is 9.33. The fourth-order valence-corrected chi connectivity index (χ4v) is 4.28. The van der Waals surface area contributed by atoms with Gasteiger partial charge in [-0.3, -0.25) is 4.90 Å². The number of hydrogen-bond acceptors (Lipinski definition) is 4. The molecule has 3 atom stereocenters. The quantitative estimate of drug-likeness (QED) is 0.816. The van der Waals surface area contributed by atoms with Gasteiger partial charge < -0.3 is 15.3 Å². The summed E-state index contributed by atoms with van der Waals surface area (Å²) in [5.41, 5.74) is -0.0322. The van der Waals surface area contributed by atoms with E-state index in [1.165, 1.54) is 38.9 Å². The SMILES string of the molecule is CCNC1(CO)CCCC(N2CCCN(C)CC2C)C1. The second-order valence-electron chi connectivity index (χ2n) is 6.92. The van der Waals surface area contributed by atoms with Gasteiger partial charge in [0.2, 0.25) is 0 Å². The van der Waals surface area contributed by atoms with Crippen LogP contribution in [0.5, 0.6) is 0 Å². The fourth-order valence-electron chi connectivity index (χ4n) is 4.28. The molecule has 118 valence electrons. The van der Waals surface area contributed by atoms with Crippen LogP contribution >= 0.6 is 0 Å². The number of likely N-dealkylation sites (N-methyl/N-ethyl adjacent to an activating group) is 2. The van der Waals surface area contributed by atoms with Crippen LogP contribution in [0.25, 0.3) is 0 Å². The van der Waals surface area contributed by atoms with E-state index >= 15 is 0 Å². The third-order valence-electron chi connectivity index (χ3n) is 5.24. The normalized spacial score (nSPS) is 37.8. The van der Waals surface area contributed by atoms with Gasteiger partial charge in [0, 0.05) is 24.2 Å². The van der Waals surface area contributed by atoms with Crippen LogP contribution < -0.4 is 5.32 Å². The first kappa shape index (κ1) is 16.2. The molecule has 1 saturated carbocycles. The summed E-state index contributed by atoms with van der Waals surface area (Å²) in [6.07, 6.45) is 6.02. The Hall–Kier alpha value is -0.160. The molecule has 20 heavy (non-hydrogen) atoms. The van der Waals surface area contributed by atoms with Crippen LogP contribution in [-0.4, -0.2) is 72.4 Å². The second-order valence-corrected chi connectivity index (χ2v) is 6.92. The molecule has 0 aromatic rings. The molecule has 2 aliphatic rings. The lowest BCUT2D eigenvalue weighted by Gasteiger charge is -2.46. The van der Waals surface area contributed by atoms with Crippen LogP contribution in [0.4, 0.5) is 0 Å². The number of aliphatic hydroxyl groups excluding tert-OH is 1. The number of nitrogens with zero attached hydrogens (tertiary/aromatic N) is 2. The monoisotopic (exact) mass is 283 g/mol. The number of hydrogen-bond donors (Lipinski definition) is 2. The Kier molecular flexibility index (Phi) is 5.84. The molecule has 1 heterocycles. The molecule has 2 rings (SSSR count). The lowest BCUT2D eigenvalue weighted by atomic mass is 9.78. The molecule has 4 nitrogen and oxygen atoms in total. The predicted octanol–water partition coefficient (Wildman–Crippen LogP) is 1.30. The number of nitrogens with one attached hydrogen (secondary N) is 1. The van der Waals surface area contributed by atoms with Crippen LogP contribution in [0.3, 0.4) is 0 Å². The minimum Gasteiger partial charge on any atom is -0.394 e. The summed E-state index contributed by atoms with van der Waals surface area (Å²) in [5, 5.41) is 13.4. The summed E-state index contributed by atoms with van der Waals surface area (Å²) in [5.74, 6) is 0. The van der Waals surface area contributed by atoms with E-state index in [0.717, 1.165) is 19.4 Å². The van der Waals surface area contributed by atoms with E-state index in [-0.39, 0.29) is 12.1 Å². The topological polar surface area (TPSA) is 38.7 Å². The van der Waals surface area contributed by atoms with Gasteiger partial charge >= 0.3 is 0 Å². The van der Waals surface area contributed by atoms with Gasteiger partial charge in [0.15, 0.2) is 0 Å². The van der Waals surface area contributed by atoms with Crippen LogP contribution in [0.1, 0.15) is 46.0 Å². The van der Waals surface area contributed by atoms with Gasteiger partial charge in [-0.2, -0.15) is 0 Å². The highest BCUT2D eigenvalue weighted by Crippen LogP contribution is 2.32. The third-order valence-corrected chi connectivity index (χ3v) is 5.24. The van der Waals surface area contributed by atoms with Gasteiger partial charge in [0.05, 0.1) is 6.61 Å². The van der Waals surface area contributed by atoms with Crippen molar-refractivity contribution in [1.29, 1.82) is 0 Å². The molecule has 0 aromatic carbocycles. The van der Waals surface area contributed by atoms with Crippen molar-refractivity contribution in [1.82, 2.24) is 15.1 Å². The summed E-state index contributed by atoms with van der Waals surface area (Å²) < 4.78 is 0. The van der Waals surface area contributed by atoms with Crippen LogP contribution in [-0.2, 0) is 0 Å². The molecule has 0 spiro atoms. The summed E-state index contributed by atoms with van der Waals surface area (Å²) in [7, 11) is 2.23. The minimum absolute atomic E-state index is 0.0322. The third kappa shape index (κ3) is 3.73. The molecule has 0 bridgehead atoms. The smallest absolute Gasteiger partial charge is 0.0613 e. The molecule has 2 fully saturated rings. The molecular weight excluding hydrogens is 250 g/mol. The van der Waals surface area contributed by atoms with Crippen molar-refractivity contribution in [2.24, 2.45) is 0 Å². The molecule has 3 unspecified atom stereocenters. The van der Waals surface area contributed by atoms with E-state index in [0.29, 0.717) is 12.1 Å². The molecule has 0 amide bonds. The number of rotatable bonds is 4. The Balaban J connectivity index is 2.03. The van der Waals surface area contributed by atoms with E-state index in [9.17, 15) is 5.11 Å². The summed E-state index contributed by atoms with van der Waals surface area (Å²) >= 11 is 0. The molecule has 1 aliphatic heterocycles. The van der Waals surface area contributed by atoms with Gasteiger partial charge in [-0.1, -0.05) is 6.92 Å². The van der Waals surface area contributed by atoms with E-state index in [1.807, 2.05) is 0 Å². The molecule has 4 heteroatoms. The lowest BCUT2D eigenvalue weighted by Crippen LogP contribution is -2.57. The lowest BCUT2D eigenvalue weighted by molar-refractivity contribution is 0.0439. The van der Waals surface area contributed by atoms with Crippen molar-refractivity contribution in [3.63, 3.8) is 0 Å². The zero-order valence-corrected chi connectivity index (χ0v) is 13.6. The van der Waals surface area contributed by atoms with Crippen LogP contribution in [0.15, 0.2) is 0 Å². The minimum atomic E-state index is -0.0322. The zero-order chi connectivity index (χ0) is 14.6. The first-order valence-corrected chi connectivity index (χ1v) is 8.40. The van der Waals surface area contributed by atoms with E-state index < -0.39 is 0 Å². The van der Waals surface area contributed by atoms with E-state index in [2.05, 4.69) is 36.0 Å². The summed E-state index contributed by atoms with van der Waals surface area (Å²) in [4.78, 5) is 5.17. The number of aliphatic hydroxyl groups is 1. The van der Waals surface area contributed by atoms with Gasteiger partial charge in [0.25, 0.3) is 0 Å². The zero-order valence-electron chi connectivity index (χ0n) is 13.6. The Labute approximate surface area is 124 Å². The second kappa shape index (κ2) is 7.21. The van der Waals surface area contributed by atoms with Crippen molar-refractivity contribution >= 4 is 0 Å². The first-order valence-electron chi connectivity index (χ1n) is 8.40. The predicted molar refractivity (Wildman–Crippen MR) is 84.0 cm³/mol. The molecule has 0 radical (unpaired) electrons. The highest BCUT2D eigenvalue weighted by Gasteiger charge is 2.38. The van der Waals surface area contributed by atoms with Gasteiger partial charge in [-0.15, -0.1) is 0 Å². The van der Waals surface area contributed by atoms with Crippen molar-refractivity contribution in [2.45, 2.75) is 63.6 Å². The standard InChI is InChI=1S/C16H33N3O/c1-4-17-16(13-20)8-5-7-15(11-16)19-10-6-9-18(3)12-14(19)2/h14-15,17,20H,4-13H2,1-3H3. The van der Waals surface area contributed by atoms with Gasteiger partial charge in [0.1, 0.15) is 0 Å². The van der Waals surface area contributed by atoms with Crippen LogP contribution in [0, 0.1) is 0 Å². The Bertz CT molecular complexity index is 295. The average molecular weight is 283 g/mol. The summed E-state index contributed by atoms with van der Waals surface area (Å²) in [6, 6.07) is 1.26. The first-order chi connectivity index (χ1) is 9.60. The van der Waals surface area contributed by atoms with Gasteiger partial charge in [-0.25, -0.2) is 0 Å². The molecule has 1 aliphatic carbocycles. The van der Waals surface area contributed by atoms with Crippen LogP contribution in [0.2, 0.25) is 0 Å². The maximum atomic E-state index is 9.86. The average Bonchev–Trinajstić information content (AvgIpc) is 2.60. The Morgan fingerprint density at radius 2 is 2.10 bits per heavy atom. The molecule has 0 aromatic heterocycles. The largest absolute Gasteiger partial charge is 0.394 e. The maximum Gasteiger partial charge on any atom is 0.0613 e. The highest BCUT2D eigenvalue weighted by atomic mass is 16.3.